The van der Waals surface area contributed by atoms with Crippen LogP contribution in [0.1, 0.15) is 62.4 Å². The molecule has 0 aromatic heterocycles. The van der Waals surface area contributed by atoms with Crippen molar-refractivity contribution in [2.75, 3.05) is 7.05 Å². The van der Waals surface area contributed by atoms with Crippen LogP contribution in [0.4, 0.5) is 0 Å². The summed E-state index contributed by atoms with van der Waals surface area (Å²) in [5.74, 6) is 0. The fourth-order valence-electron chi connectivity index (χ4n) is 3.32. The number of hydrogen-bond acceptors (Lipinski definition) is 1. The Bertz CT molecular complexity index is 428. The SMILES string of the molecule is CN1C2CCC1c1cc(C(C)(C)C)ccc12. The van der Waals surface area contributed by atoms with Crippen molar-refractivity contribution < 1.29 is 0 Å². The van der Waals surface area contributed by atoms with E-state index < -0.39 is 0 Å². The van der Waals surface area contributed by atoms with Crippen molar-refractivity contribution in [1.29, 1.82) is 0 Å². The summed E-state index contributed by atoms with van der Waals surface area (Å²) >= 11 is 0. The normalized spacial score (nSPS) is 28.5. The predicted molar refractivity (Wildman–Crippen MR) is 67.6 cm³/mol. The van der Waals surface area contributed by atoms with Gasteiger partial charge in [-0.25, -0.2) is 0 Å². The zero-order chi connectivity index (χ0) is 11.5. The maximum atomic E-state index is 2.55. The molecule has 3 rings (SSSR count). The molecule has 86 valence electrons. The second-order valence-corrected chi connectivity index (χ2v) is 6.37. The summed E-state index contributed by atoms with van der Waals surface area (Å²) < 4.78 is 0. The third-order valence-electron chi connectivity index (χ3n) is 4.37. The van der Waals surface area contributed by atoms with E-state index in [1.807, 2.05) is 0 Å². The second-order valence-electron chi connectivity index (χ2n) is 6.37. The summed E-state index contributed by atoms with van der Waals surface area (Å²) in [6.45, 7) is 6.89. The Balaban J connectivity index is 2.09. The highest BCUT2D eigenvalue weighted by Gasteiger charge is 2.41. The molecule has 0 spiro atoms. The van der Waals surface area contributed by atoms with Gasteiger partial charge < -0.3 is 0 Å². The molecule has 2 aliphatic rings. The molecule has 1 heteroatoms. The molecule has 0 N–H and O–H groups in total. The molecule has 16 heavy (non-hydrogen) atoms. The van der Waals surface area contributed by atoms with E-state index >= 15 is 0 Å². The number of hydrogen-bond donors (Lipinski definition) is 0. The number of nitrogens with zero attached hydrogens (tertiary/aromatic N) is 1. The zero-order valence-corrected chi connectivity index (χ0v) is 10.7. The Morgan fingerprint density at radius 2 is 1.69 bits per heavy atom. The van der Waals surface area contributed by atoms with Gasteiger partial charge in [-0.3, -0.25) is 4.90 Å². The first-order valence-corrected chi connectivity index (χ1v) is 6.35. The highest BCUT2D eigenvalue weighted by atomic mass is 15.2. The molecule has 0 radical (unpaired) electrons. The topological polar surface area (TPSA) is 3.24 Å². The minimum atomic E-state index is 0.273. The van der Waals surface area contributed by atoms with Crippen LogP contribution in [-0.4, -0.2) is 11.9 Å². The van der Waals surface area contributed by atoms with Gasteiger partial charge in [-0.2, -0.15) is 0 Å². The van der Waals surface area contributed by atoms with Crippen molar-refractivity contribution in [3.05, 3.63) is 34.9 Å². The maximum Gasteiger partial charge on any atom is 0.0355 e. The van der Waals surface area contributed by atoms with Gasteiger partial charge in [0, 0.05) is 12.1 Å². The minimum Gasteiger partial charge on any atom is -0.292 e. The summed E-state index contributed by atoms with van der Waals surface area (Å²) in [5.41, 5.74) is 4.94. The molecular weight excluding hydrogens is 194 g/mol. The molecule has 0 amide bonds. The van der Waals surface area contributed by atoms with Crippen LogP contribution in [0, 0.1) is 0 Å². The summed E-state index contributed by atoms with van der Waals surface area (Å²) in [4.78, 5) is 2.55. The van der Waals surface area contributed by atoms with Crippen LogP contribution in [0.15, 0.2) is 18.2 Å². The average Bonchev–Trinajstić information content (AvgIpc) is 2.71. The van der Waals surface area contributed by atoms with E-state index in [2.05, 4.69) is 50.9 Å². The van der Waals surface area contributed by atoms with Crippen LogP contribution in [-0.2, 0) is 5.41 Å². The van der Waals surface area contributed by atoms with Gasteiger partial charge >= 0.3 is 0 Å². The van der Waals surface area contributed by atoms with Crippen molar-refractivity contribution in [3.63, 3.8) is 0 Å². The molecule has 2 atom stereocenters. The molecule has 0 saturated carbocycles. The summed E-state index contributed by atoms with van der Waals surface area (Å²) in [7, 11) is 2.28. The van der Waals surface area contributed by atoms with E-state index in [1.165, 1.54) is 18.4 Å². The molecular formula is C15H21N. The van der Waals surface area contributed by atoms with Gasteiger partial charge in [0.15, 0.2) is 0 Å². The fraction of sp³-hybridized carbons (Fsp3) is 0.600. The summed E-state index contributed by atoms with van der Waals surface area (Å²) in [6, 6.07) is 8.55. The van der Waals surface area contributed by atoms with Crippen molar-refractivity contribution in [2.24, 2.45) is 0 Å². The Morgan fingerprint density at radius 3 is 2.31 bits per heavy atom. The van der Waals surface area contributed by atoms with Crippen LogP contribution >= 0.6 is 0 Å². The first kappa shape index (κ1) is 10.3. The van der Waals surface area contributed by atoms with E-state index in [0.29, 0.717) is 12.1 Å². The Kier molecular flexibility index (Phi) is 2.00. The van der Waals surface area contributed by atoms with E-state index in [4.69, 9.17) is 0 Å². The van der Waals surface area contributed by atoms with E-state index in [-0.39, 0.29) is 5.41 Å². The molecule has 1 aromatic rings. The van der Waals surface area contributed by atoms with E-state index in [9.17, 15) is 0 Å². The van der Waals surface area contributed by atoms with Crippen molar-refractivity contribution >= 4 is 0 Å². The molecule has 1 nitrogen and oxygen atoms in total. The van der Waals surface area contributed by atoms with E-state index in [1.54, 1.807) is 11.1 Å². The van der Waals surface area contributed by atoms with Crippen LogP contribution in [0.25, 0.3) is 0 Å². The highest BCUT2D eigenvalue weighted by Crippen LogP contribution is 2.52. The molecule has 2 unspecified atom stereocenters. The Hall–Kier alpha value is -0.820. The van der Waals surface area contributed by atoms with Crippen molar-refractivity contribution in [2.45, 2.75) is 51.1 Å². The monoisotopic (exact) mass is 215 g/mol. The van der Waals surface area contributed by atoms with Crippen molar-refractivity contribution in [1.82, 2.24) is 4.90 Å². The molecule has 1 aromatic carbocycles. The lowest BCUT2D eigenvalue weighted by molar-refractivity contribution is 0.280. The van der Waals surface area contributed by atoms with Crippen LogP contribution in [0.2, 0.25) is 0 Å². The van der Waals surface area contributed by atoms with Gasteiger partial charge in [0.1, 0.15) is 0 Å². The lowest BCUT2D eigenvalue weighted by atomic mass is 9.82. The maximum absolute atomic E-state index is 2.55. The predicted octanol–water partition coefficient (Wildman–Crippen LogP) is 3.81. The third kappa shape index (κ3) is 1.27. The number of rotatable bonds is 0. The Morgan fingerprint density at radius 1 is 1.06 bits per heavy atom. The minimum absolute atomic E-state index is 0.273. The number of benzene rings is 1. The molecule has 2 heterocycles. The molecule has 2 bridgehead atoms. The standard InChI is InChI=1S/C15H21N/c1-15(2,3)10-5-6-11-12(9-10)14-8-7-13(11)16(14)4/h5-6,9,13-14H,7-8H2,1-4H3. The second kappa shape index (κ2) is 3.10. The van der Waals surface area contributed by atoms with Gasteiger partial charge in [-0.1, -0.05) is 39.0 Å². The summed E-state index contributed by atoms with van der Waals surface area (Å²) in [6.07, 6.45) is 2.70. The zero-order valence-electron chi connectivity index (χ0n) is 10.7. The smallest absolute Gasteiger partial charge is 0.0355 e. The van der Waals surface area contributed by atoms with Gasteiger partial charge in [-0.15, -0.1) is 0 Å². The quantitative estimate of drug-likeness (QED) is 0.636. The largest absolute Gasteiger partial charge is 0.292 e. The van der Waals surface area contributed by atoms with Gasteiger partial charge in [0.25, 0.3) is 0 Å². The first-order valence-electron chi connectivity index (χ1n) is 6.35. The average molecular weight is 215 g/mol. The lowest BCUT2D eigenvalue weighted by Crippen LogP contribution is -2.13. The Labute approximate surface area is 98.5 Å². The van der Waals surface area contributed by atoms with Gasteiger partial charge in [-0.05, 0) is 42.0 Å². The van der Waals surface area contributed by atoms with Crippen LogP contribution in [0.3, 0.4) is 0 Å². The van der Waals surface area contributed by atoms with Crippen LogP contribution < -0.4 is 0 Å². The molecule has 0 aliphatic carbocycles. The van der Waals surface area contributed by atoms with Gasteiger partial charge in [0.2, 0.25) is 0 Å². The fourth-order valence-corrected chi connectivity index (χ4v) is 3.32. The lowest BCUT2D eigenvalue weighted by Gasteiger charge is -2.22. The number of fused-ring (bicyclic) bond motifs is 5. The van der Waals surface area contributed by atoms with E-state index in [0.717, 1.165) is 0 Å². The molecule has 1 saturated heterocycles. The first-order chi connectivity index (χ1) is 7.48. The van der Waals surface area contributed by atoms with Gasteiger partial charge in [0.05, 0.1) is 0 Å². The van der Waals surface area contributed by atoms with Crippen molar-refractivity contribution in [3.8, 4) is 0 Å². The highest BCUT2D eigenvalue weighted by molar-refractivity contribution is 5.44. The molecule has 1 fully saturated rings. The molecule has 2 aliphatic heterocycles. The third-order valence-corrected chi connectivity index (χ3v) is 4.37. The van der Waals surface area contributed by atoms with Crippen LogP contribution in [0.5, 0.6) is 0 Å². The summed E-state index contributed by atoms with van der Waals surface area (Å²) in [5, 5.41) is 0.